The number of nitrogens with one attached hydrogen (secondary N) is 1. The van der Waals surface area contributed by atoms with Crippen molar-refractivity contribution in [1.29, 1.82) is 0 Å². The van der Waals surface area contributed by atoms with Gasteiger partial charge in [-0.3, -0.25) is 4.57 Å². The molecule has 0 saturated heterocycles. The molecular weight excluding hydrogens is 523 g/mol. The summed E-state index contributed by atoms with van der Waals surface area (Å²) in [6.07, 6.45) is 6.14. The third-order valence-electron chi connectivity index (χ3n) is 5.52. The van der Waals surface area contributed by atoms with E-state index in [4.69, 9.17) is 23.2 Å². The van der Waals surface area contributed by atoms with Crippen molar-refractivity contribution < 1.29 is 8.42 Å². The lowest BCUT2D eigenvalue weighted by Crippen LogP contribution is -2.27. The number of hydrogen-bond donors (Lipinski definition) is 1. The third-order valence-corrected chi connectivity index (χ3v) is 8.47. The van der Waals surface area contributed by atoms with E-state index in [1.165, 1.54) is 30.2 Å². The summed E-state index contributed by atoms with van der Waals surface area (Å²) in [7, 11) is -3.43. The molecule has 0 amide bonds. The summed E-state index contributed by atoms with van der Waals surface area (Å²) in [5.41, 5.74) is 3.00. The van der Waals surface area contributed by atoms with Crippen molar-refractivity contribution in [2.24, 2.45) is 0 Å². The number of benzene rings is 2. The van der Waals surface area contributed by atoms with E-state index in [0.717, 1.165) is 24.8 Å². The molecule has 1 heterocycles. The molecule has 3 aromatic rings. The van der Waals surface area contributed by atoms with Crippen molar-refractivity contribution in [3.05, 3.63) is 69.5 Å². The summed E-state index contributed by atoms with van der Waals surface area (Å²) in [6, 6.07) is 13.5. The largest absolute Gasteiger partial charge is 0.271 e. The maximum absolute atomic E-state index is 12.6. The van der Waals surface area contributed by atoms with Gasteiger partial charge in [0, 0.05) is 10.8 Å². The predicted molar refractivity (Wildman–Crippen MR) is 146 cm³/mol. The van der Waals surface area contributed by atoms with E-state index in [0.29, 0.717) is 38.9 Å². The van der Waals surface area contributed by atoms with Crippen LogP contribution in [-0.4, -0.2) is 28.9 Å². The Balaban J connectivity index is 1.74. The standard InChI is InChI=1S/C25H32Cl2N4O2S2/c1-3-4-5-6-7-8-14-35(32,33)28-17-24-29-30-25(34-18-20-11-9-10-19(2)15-20)31(24)23-13-12-21(26)16-22(23)27/h9-13,15-16,28H,3-8,14,17-18H2,1-2H3. The van der Waals surface area contributed by atoms with Crippen LogP contribution < -0.4 is 4.72 Å². The van der Waals surface area contributed by atoms with Crippen molar-refractivity contribution in [2.45, 2.75) is 69.8 Å². The average molecular weight is 556 g/mol. The van der Waals surface area contributed by atoms with Crippen LogP contribution in [0.25, 0.3) is 5.69 Å². The molecule has 10 heteroatoms. The van der Waals surface area contributed by atoms with Gasteiger partial charge in [-0.1, -0.05) is 104 Å². The van der Waals surface area contributed by atoms with Gasteiger partial charge in [0.15, 0.2) is 11.0 Å². The van der Waals surface area contributed by atoms with Gasteiger partial charge in [-0.25, -0.2) is 13.1 Å². The fourth-order valence-electron chi connectivity index (χ4n) is 3.68. The molecule has 0 aliphatic heterocycles. The zero-order valence-corrected chi connectivity index (χ0v) is 23.3. The first-order valence-corrected chi connectivity index (χ1v) is 15.2. The highest BCUT2D eigenvalue weighted by molar-refractivity contribution is 7.98. The zero-order valence-electron chi connectivity index (χ0n) is 20.1. The number of unbranched alkanes of at least 4 members (excludes halogenated alkanes) is 5. The van der Waals surface area contributed by atoms with Crippen molar-refractivity contribution in [1.82, 2.24) is 19.5 Å². The first-order chi connectivity index (χ1) is 16.8. The molecule has 0 atom stereocenters. The molecule has 0 saturated carbocycles. The highest BCUT2D eigenvalue weighted by Gasteiger charge is 2.19. The minimum Gasteiger partial charge on any atom is -0.271 e. The zero-order chi connectivity index (χ0) is 25.3. The quantitative estimate of drug-likeness (QED) is 0.172. The van der Waals surface area contributed by atoms with Crippen LogP contribution in [-0.2, 0) is 22.3 Å². The Morgan fingerprint density at radius 2 is 1.77 bits per heavy atom. The van der Waals surface area contributed by atoms with Gasteiger partial charge in [-0.2, -0.15) is 0 Å². The Hall–Kier alpha value is -1.58. The summed E-state index contributed by atoms with van der Waals surface area (Å²) in [5.74, 6) is 1.26. The molecule has 0 spiro atoms. The molecule has 190 valence electrons. The molecule has 0 radical (unpaired) electrons. The smallest absolute Gasteiger partial charge is 0.212 e. The van der Waals surface area contributed by atoms with E-state index in [2.05, 4.69) is 47.0 Å². The topological polar surface area (TPSA) is 76.9 Å². The van der Waals surface area contributed by atoms with Crippen LogP contribution in [0.4, 0.5) is 0 Å². The van der Waals surface area contributed by atoms with Gasteiger partial charge in [0.1, 0.15) is 0 Å². The normalized spacial score (nSPS) is 11.8. The van der Waals surface area contributed by atoms with Crippen LogP contribution in [0.5, 0.6) is 0 Å². The van der Waals surface area contributed by atoms with E-state index in [1.54, 1.807) is 22.8 Å². The molecule has 1 N–H and O–H groups in total. The number of hydrogen-bond acceptors (Lipinski definition) is 5. The summed E-state index contributed by atoms with van der Waals surface area (Å²) >= 11 is 14.1. The second kappa shape index (κ2) is 13.7. The second-order valence-electron chi connectivity index (χ2n) is 8.52. The summed E-state index contributed by atoms with van der Waals surface area (Å²) in [4.78, 5) is 0. The lowest BCUT2D eigenvalue weighted by Gasteiger charge is -2.13. The molecule has 35 heavy (non-hydrogen) atoms. The van der Waals surface area contributed by atoms with Crippen LogP contribution in [0, 0.1) is 6.92 Å². The van der Waals surface area contributed by atoms with Crippen LogP contribution in [0.1, 0.15) is 62.4 Å². The SMILES string of the molecule is CCCCCCCCS(=O)(=O)NCc1nnc(SCc2cccc(C)c2)n1-c1ccc(Cl)cc1Cl. The van der Waals surface area contributed by atoms with Gasteiger partial charge < -0.3 is 0 Å². The Labute approximate surface area is 222 Å². The molecule has 2 aromatic carbocycles. The minimum atomic E-state index is -3.43. The van der Waals surface area contributed by atoms with Crippen molar-refractivity contribution in [2.75, 3.05) is 5.75 Å². The van der Waals surface area contributed by atoms with Crippen LogP contribution >= 0.6 is 35.0 Å². The second-order valence-corrected chi connectivity index (χ2v) is 12.2. The number of aryl methyl sites for hydroxylation is 1. The highest BCUT2D eigenvalue weighted by atomic mass is 35.5. The van der Waals surface area contributed by atoms with Gasteiger partial charge in [0.2, 0.25) is 10.0 Å². The van der Waals surface area contributed by atoms with Gasteiger partial charge in [-0.05, 0) is 37.1 Å². The van der Waals surface area contributed by atoms with E-state index >= 15 is 0 Å². The van der Waals surface area contributed by atoms with Gasteiger partial charge in [-0.15, -0.1) is 10.2 Å². The van der Waals surface area contributed by atoms with E-state index in [9.17, 15) is 8.42 Å². The fourth-order valence-corrected chi connectivity index (χ4v) is 6.16. The summed E-state index contributed by atoms with van der Waals surface area (Å²) in [6.45, 7) is 4.24. The molecule has 6 nitrogen and oxygen atoms in total. The Morgan fingerprint density at radius 1 is 1.00 bits per heavy atom. The first-order valence-electron chi connectivity index (χ1n) is 11.8. The van der Waals surface area contributed by atoms with Crippen LogP contribution in [0.15, 0.2) is 47.6 Å². The highest BCUT2D eigenvalue weighted by Crippen LogP contribution is 2.31. The van der Waals surface area contributed by atoms with E-state index in [1.807, 2.05) is 6.07 Å². The summed E-state index contributed by atoms with van der Waals surface area (Å²) in [5, 5.41) is 10.2. The van der Waals surface area contributed by atoms with Gasteiger partial charge in [0.05, 0.1) is 23.0 Å². The van der Waals surface area contributed by atoms with Gasteiger partial charge in [0.25, 0.3) is 0 Å². The fraction of sp³-hybridized carbons (Fsp3) is 0.440. The number of rotatable bonds is 14. The third kappa shape index (κ3) is 8.79. The summed E-state index contributed by atoms with van der Waals surface area (Å²) < 4.78 is 29.7. The lowest BCUT2D eigenvalue weighted by atomic mass is 10.1. The molecule has 0 unspecified atom stereocenters. The van der Waals surface area contributed by atoms with E-state index < -0.39 is 10.0 Å². The molecular formula is C25H32Cl2N4O2S2. The molecule has 0 aliphatic rings. The monoisotopic (exact) mass is 554 g/mol. The Bertz CT molecular complexity index is 1220. The molecule has 1 aromatic heterocycles. The van der Waals surface area contributed by atoms with Gasteiger partial charge >= 0.3 is 0 Å². The Kier molecular flexibility index (Phi) is 10.9. The number of sulfonamides is 1. The average Bonchev–Trinajstić information content (AvgIpc) is 3.21. The van der Waals surface area contributed by atoms with Crippen LogP contribution in [0.2, 0.25) is 10.0 Å². The molecule has 0 aliphatic carbocycles. The minimum absolute atomic E-state index is 0.0229. The number of aromatic nitrogens is 3. The maximum atomic E-state index is 12.6. The lowest BCUT2D eigenvalue weighted by molar-refractivity contribution is 0.568. The molecule has 0 fully saturated rings. The molecule has 3 rings (SSSR count). The number of halogens is 2. The van der Waals surface area contributed by atoms with Crippen molar-refractivity contribution in [3.8, 4) is 5.69 Å². The maximum Gasteiger partial charge on any atom is 0.212 e. The first kappa shape index (κ1) is 28.0. The number of nitrogens with zero attached hydrogens (tertiary/aromatic N) is 3. The molecule has 0 bridgehead atoms. The van der Waals surface area contributed by atoms with Crippen LogP contribution in [0.3, 0.4) is 0 Å². The predicted octanol–water partition coefficient (Wildman–Crippen LogP) is 6.95. The Morgan fingerprint density at radius 3 is 2.51 bits per heavy atom. The van der Waals surface area contributed by atoms with E-state index in [-0.39, 0.29) is 12.3 Å². The van der Waals surface area contributed by atoms with Crippen molar-refractivity contribution >= 4 is 45.0 Å². The van der Waals surface area contributed by atoms with Crippen molar-refractivity contribution in [3.63, 3.8) is 0 Å². The number of thioether (sulfide) groups is 1.